The van der Waals surface area contributed by atoms with Gasteiger partial charge in [0.05, 0.1) is 5.52 Å². The van der Waals surface area contributed by atoms with Gasteiger partial charge in [0.2, 0.25) is 0 Å². The number of halogens is 2. The van der Waals surface area contributed by atoms with Crippen LogP contribution in [0.2, 0.25) is 0 Å². The lowest BCUT2D eigenvalue weighted by atomic mass is 10.1. The maximum Gasteiger partial charge on any atom is 0.127 e. The molecule has 1 heterocycles. The zero-order valence-corrected chi connectivity index (χ0v) is 13.3. The predicted octanol–water partition coefficient (Wildman–Crippen LogP) is 4.68. The predicted molar refractivity (Wildman–Crippen MR) is 90.4 cm³/mol. The minimum Gasteiger partial charge on any atom is -0.292 e. The zero-order valence-electron chi connectivity index (χ0n) is 13.3. The van der Waals surface area contributed by atoms with Gasteiger partial charge in [0.15, 0.2) is 0 Å². The van der Waals surface area contributed by atoms with E-state index in [1.807, 2.05) is 24.3 Å². The zero-order chi connectivity index (χ0) is 16.5. The quantitative estimate of drug-likeness (QED) is 0.677. The van der Waals surface area contributed by atoms with Crippen LogP contribution in [0.5, 0.6) is 0 Å². The number of hydrogen-bond acceptors (Lipinski definition) is 2. The fraction of sp³-hybridized carbons (Fsp3) is 0.250. The topological polar surface area (TPSA) is 16.1 Å². The van der Waals surface area contributed by atoms with Crippen LogP contribution in [0.25, 0.3) is 10.9 Å². The van der Waals surface area contributed by atoms with Gasteiger partial charge in [-0.25, -0.2) is 8.78 Å². The second kappa shape index (κ2) is 6.29. The first-order chi connectivity index (χ1) is 11.7. The molecule has 0 bridgehead atoms. The molecular weight excluding hydrogens is 306 g/mol. The molecule has 24 heavy (non-hydrogen) atoms. The average Bonchev–Trinajstić information content (AvgIpc) is 3.41. The molecule has 1 aromatic heterocycles. The van der Waals surface area contributed by atoms with Crippen LogP contribution < -0.4 is 0 Å². The summed E-state index contributed by atoms with van der Waals surface area (Å²) >= 11 is 0. The highest BCUT2D eigenvalue weighted by atomic mass is 19.1. The first-order valence-corrected chi connectivity index (χ1v) is 8.21. The van der Waals surface area contributed by atoms with Crippen LogP contribution in [-0.4, -0.2) is 15.9 Å². The van der Waals surface area contributed by atoms with E-state index >= 15 is 0 Å². The van der Waals surface area contributed by atoms with E-state index in [-0.39, 0.29) is 11.6 Å². The third kappa shape index (κ3) is 3.15. The van der Waals surface area contributed by atoms with Gasteiger partial charge >= 0.3 is 0 Å². The van der Waals surface area contributed by atoms with E-state index in [4.69, 9.17) is 0 Å². The van der Waals surface area contributed by atoms with Crippen LogP contribution in [0.4, 0.5) is 8.78 Å². The summed E-state index contributed by atoms with van der Waals surface area (Å²) in [6.45, 7) is 1.10. The van der Waals surface area contributed by atoms with Crippen LogP contribution in [0.1, 0.15) is 24.0 Å². The Kier molecular flexibility index (Phi) is 3.98. The smallest absolute Gasteiger partial charge is 0.127 e. The van der Waals surface area contributed by atoms with E-state index in [0.29, 0.717) is 24.7 Å². The lowest BCUT2D eigenvalue weighted by Crippen LogP contribution is -2.25. The Balaban J connectivity index is 1.66. The molecular formula is C20H18F2N2. The largest absolute Gasteiger partial charge is 0.292 e. The van der Waals surface area contributed by atoms with Gasteiger partial charge in [0.1, 0.15) is 11.6 Å². The lowest BCUT2D eigenvalue weighted by Gasteiger charge is -2.23. The van der Waals surface area contributed by atoms with Crippen molar-refractivity contribution in [2.75, 3.05) is 0 Å². The number of aromatic nitrogens is 1. The third-order valence-electron chi connectivity index (χ3n) is 4.52. The summed E-state index contributed by atoms with van der Waals surface area (Å²) in [5.74, 6) is -0.447. The Labute approximate surface area is 139 Å². The Morgan fingerprint density at radius 2 is 1.75 bits per heavy atom. The standard InChI is InChI=1S/C20H18F2N2/c21-17-10-14-5-3-9-23-20(14)16(11-17)13-24(18-7-8-18)12-15-4-1-2-6-19(15)22/h1-6,9-11,18H,7-8,12-13H2. The van der Waals surface area contributed by atoms with Crippen molar-refractivity contribution >= 4 is 10.9 Å². The van der Waals surface area contributed by atoms with Crippen LogP contribution in [0.3, 0.4) is 0 Å². The van der Waals surface area contributed by atoms with Gasteiger partial charge in [-0.2, -0.15) is 0 Å². The Morgan fingerprint density at radius 3 is 2.54 bits per heavy atom. The minimum atomic E-state index is -0.257. The van der Waals surface area contributed by atoms with Crippen LogP contribution >= 0.6 is 0 Å². The molecule has 1 aliphatic carbocycles. The fourth-order valence-electron chi connectivity index (χ4n) is 3.17. The van der Waals surface area contributed by atoms with Gasteiger partial charge in [0, 0.05) is 36.3 Å². The van der Waals surface area contributed by atoms with E-state index in [9.17, 15) is 8.78 Å². The highest BCUT2D eigenvalue weighted by Crippen LogP contribution is 2.31. The molecule has 0 atom stereocenters. The molecule has 2 aromatic carbocycles. The van der Waals surface area contributed by atoms with Crippen molar-refractivity contribution in [3.8, 4) is 0 Å². The van der Waals surface area contributed by atoms with Crippen molar-refractivity contribution < 1.29 is 8.78 Å². The Hall–Kier alpha value is -2.33. The van der Waals surface area contributed by atoms with Gasteiger partial charge in [-0.05, 0) is 42.7 Å². The second-order valence-corrected chi connectivity index (χ2v) is 6.37. The summed E-state index contributed by atoms with van der Waals surface area (Å²) in [4.78, 5) is 6.64. The summed E-state index contributed by atoms with van der Waals surface area (Å²) in [6.07, 6.45) is 3.94. The van der Waals surface area contributed by atoms with E-state index in [1.54, 1.807) is 18.3 Å². The maximum atomic E-state index is 14.0. The number of benzene rings is 2. The van der Waals surface area contributed by atoms with Crippen LogP contribution in [0, 0.1) is 11.6 Å². The molecule has 0 amide bonds. The number of rotatable bonds is 5. The normalized spacial score (nSPS) is 14.5. The molecule has 0 unspecified atom stereocenters. The van der Waals surface area contributed by atoms with Crippen molar-refractivity contribution in [1.29, 1.82) is 0 Å². The number of pyridine rings is 1. The molecule has 1 saturated carbocycles. The van der Waals surface area contributed by atoms with E-state index in [2.05, 4.69) is 9.88 Å². The van der Waals surface area contributed by atoms with Gasteiger partial charge in [-0.1, -0.05) is 24.3 Å². The second-order valence-electron chi connectivity index (χ2n) is 6.37. The summed E-state index contributed by atoms with van der Waals surface area (Å²) in [6, 6.07) is 14.0. The molecule has 4 rings (SSSR count). The van der Waals surface area contributed by atoms with E-state index < -0.39 is 0 Å². The van der Waals surface area contributed by atoms with Crippen molar-refractivity contribution in [2.24, 2.45) is 0 Å². The highest BCUT2D eigenvalue weighted by Gasteiger charge is 2.30. The van der Waals surface area contributed by atoms with Gasteiger partial charge < -0.3 is 0 Å². The van der Waals surface area contributed by atoms with Crippen molar-refractivity contribution in [2.45, 2.75) is 32.0 Å². The fourth-order valence-corrected chi connectivity index (χ4v) is 3.17. The molecule has 1 aliphatic rings. The molecule has 0 saturated heterocycles. The molecule has 4 heteroatoms. The van der Waals surface area contributed by atoms with E-state index in [0.717, 1.165) is 29.3 Å². The van der Waals surface area contributed by atoms with Crippen LogP contribution in [-0.2, 0) is 13.1 Å². The first-order valence-electron chi connectivity index (χ1n) is 8.21. The maximum absolute atomic E-state index is 14.0. The third-order valence-corrected chi connectivity index (χ3v) is 4.52. The molecule has 3 aromatic rings. The van der Waals surface area contributed by atoms with Gasteiger partial charge in [-0.3, -0.25) is 9.88 Å². The summed E-state index contributed by atoms with van der Waals surface area (Å²) in [5, 5.41) is 0.800. The van der Waals surface area contributed by atoms with Crippen molar-refractivity contribution in [3.05, 3.63) is 77.5 Å². The monoisotopic (exact) mass is 324 g/mol. The van der Waals surface area contributed by atoms with Crippen molar-refractivity contribution in [3.63, 3.8) is 0 Å². The summed E-state index contributed by atoms with van der Waals surface area (Å²) in [5.41, 5.74) is 2.35. The van der Waals surface area contributed by atoms with Crippen molar-refractivity contribution in [1.82, 2.24) is 9.88 Å². The van der Waals surface area contributed by atoms with Gasteiger partial charge in [-0.15, -0.1) is 0 Å². The molecule has 122 valence electrons. The Bertz CT molecular complexity index is 874. The number of fused-ring (bicyclic) bond motifs is 1. The first kappa shape index (κ1) is 15.2. The summed E-state index contributed by atoms with van der Waals surface area (Å²) < 4.78 is 27.9. The SMILES string of the molecule is Fc1cc(CN(Cc2ccccc2F)C2CC2)c2ncccc2c1. The molecule has 2 nitrogen and oxygen atoms in total. The molecule has 1 fully saturated rings. The van der Waals surface area contributed by atoms with Gasteiger partial charge in [0.25, 0.3) is 0 Å². The molecule has 0 radical (unpaired) electrons. The lowest BCUT2D eigenvalue weighted by molar-refractivity contribution is 0.243. The summed E-state index contributed by atoms with van der Waals surface area (Å²) in [7, 11) is 0. The molecule has 0 spiro atoms. The average molecular weight is 324 g/mol. The van der Waals surface area contributed by atoms with E-state index in [1.165, 1.54) is 12.1 Å². The number of hydrogen-bond donors (Lipinski definition) is 0. The molecule has 0 aliphatic heterocycles. The van der Waals surface area contributed by atoms with Crippen LogP contribution in [0.15, 0.2) is 54.7 Å². The number of nitrogens with zero attached hydrogens (tertiary/aromatic N) is 2. The Morgan fingerprint density at radius 1 is 0.958 bits per heavy atom. The minimum absolute atomic E-state index is 0.189. The highest BCUT2D eigenvalue weighted by molar-refractivity contribution is 5.81. The molecule has 0 N–H and O–H groups in total.